The molecule has 0 unspecified atom stereocenters. The smallest absolute Gasteiger partial charge is 0.159 e. The van der Waals surface area contributed by atoms with E-state index in [4.69, 9.17) is 4.42 Å². The van der Waals surface area contributed by atoms with Crippen LogP contribution in [0, 0.1) is 0 Å². The van der Waals surface area contributed by atoms with Gasteiger partial charge in [0.25, 0.3) is 0 Å². The van der Waals surface area contributed by atoms with Crippen LogP contribution >= 0.6 is 22.7 Å². The van der Waals surface area contributed by atoms with Gasteiger partial charge in [-0.25, -0.2) is 0 Å². The molecule has 79 heavy (non-hydrogen) atoms. The minimum Gasteiger partial charge on any atom is -0.454 e. The number of para-hydroxylation sites is 3. The minimum atomic E-state index is 0.868. The first kappa shape index (κ1) is 47.3. The van der Waals surface area contributed by atoms with Crippen molar-refractivity contribution in [1.29, 1.82) is 0 Å². The summed E-state index contributed by atoms with van der Waals surface area (Å²) in [6, 6.07) is 84.6. The Morgan fingerprint density at radius 1 is 0.278 bits per heavy atom. The van der Waals surface area contributed by atoms with Crippen LogP contribution in [-0.2, 0) is 0 Å². The molecule has 368 valence electrons. The number of hydrogen-bond acceptors (Lipinski definition) is 6. The zero-order valence-electron chi connectivity index (χ0n) is 44.5. The molecule has 3 heterocycles. The second kappa shape index (κ2) is 18.7. The first-order chi connectivity index (χ1) is 38.7. The normalized spacial score (nSPS) is 11.8. The topological polar surface area (TPSA) is 22.9 Å². The van der Waals surface area contributed by atoms with Crippen molar-refractivity contribution < 1.29 is 4.42 Å². The van der Waals surface area contributed by atoms with E-state index in [1.165, 1.54) is 94.9 Å². The molecule has 15 aromatic rings. The maximum atomic E-state index is 6.73. The second-order valence-corrected chi connectivity index (χ2v) is 23.2. The summed E-state index contributed by atoms with van der Waals surface area (Å²) in [6.07, 6.45) is 0. The highest BCUT2D eigenvalue weighted by atomic mass is 32.1. The summed E-state index contributed by atoms with van der Waals surface area (Å²) in [6.45, 7) is 0. The van der Waals surface area contributed by atoms with Crippen LogP contribution in [0.15, 0.2) is 235 Å². The number of thiophene rings is 2. The Morgan fingerprint density at radius 3 is 1.46 bits per heavy atom. The molecule has 15 rings (SSSR count). The minimum absolute atomic E-state index is 0.868. The number of rotatable bonds is 9. The van der Waals surface area contributed by atoms with E-state index in [1.54, 1.807) is 0 Å². The van der Waals surface area contributed by atoms with Crippen LogP contribution in [0.5, 0.6) is 0 Å². The van der Waals surface area contributed by atoms with Crippen molar-refractivity contribution in [1.82, 2.24) is 0 Å². The van der Waals surface area contributed by atoms with Gasteiger partial charge in [0.15, 0.2) is 5.58 Å². The number of furan rings is 1. The van der Waals surface area contributed by atoms with Crippen molar-refractivity contribution in [3.8, 4) is 0 Å². The molecular weight excluding hydrogens is 993 g/mol. The van der Waals surface area contributed by atoms with Gasteiger partial charge in [-0.1, -0.05) is 149 Å². The fourth-order valence-electron chi connectivity index (χ4n) is 12.3. The third-order valence-electron chi connectivity index (χ3n) is 16.7. The molecule has 0 bridgehead atoms. The fraction of sp³-hybridized carbons (Fsp3) is 0. The molecule has 0 aliphatic carbocycles. The summed E-state index contributed by atoms with van der Waals surface area (Å²) in [5.41, 5.74) is 18.5. The van der Waals surface area contributed by atoms with Gasteiger partial charge in [0, 0.05) is 96.3 Å². The van der Waals surface area contributed by atoms with E-state index < -0.39 is 0 Å². The highest BCUT2D eigenvalue weighted by Crippen LogP contribution is 2.48. The molecule has 12 aromatic carbocycles. The van der Waals surface area contributed by atoms with Gasteiger partial charge >= 0.3 is 0 Å². The Morgan fingerprint density at radius 2 is 0.759 bits per heavy atom. The molecule has 0 aliphatic heterocycles. The Kier molecular flexibility index (Phi) is 11.2. The maximum absolute atomic E-state index is 6.73. The zero-order valence-corrected chi connectivity index (χ0v) is 46.1. The first-order valence-electron chi connectivity index (χ1n) is 27.1. The first-order valence-corrected chi connectivity index (χ1v) is 28.7. The molecular formula is C68H48B5N3OS2. The van der Waals surface area contributed by atoms with E-state index in [0.29, 0.717) is 0 Å². The molecule has 3 aromatic heterocycles. The third-order valence-corrected chi connectivity index (χ3v) is 19.0. The predicted octanol–water partition coefficient (Wildman–Crippen LogP) is 12.3. The van der Waals surface area contributed by atoms with Crippen LogP contribution in [0.1, 0.15) is 0 Å². The van der Waals surface area contributed by atoms with Crippen LogP contribution in [0.3, 0.4) is 0 Å². The Bertz CT molecular complexity index is 4940. The molecule has 0 aliphatic rings. The summed E-state index contributed by atoms with van der Waals surface area (Å²) in [7, 11) is 11.4. The van der Waals surface area contributed by atoms with Crippen molar-refractivity contribution in [3.05, 3.63) is 231 Å². The lowest BCUT2D eigenvalue weighted by Gasteiger charge is -2.32. The van der Waals surface area contributed by atoms with Gasteiger partial charge in [-0.3, -0.25) is 0 Å². The van der Waals surface area contributed by atoms with Crippen molar-refractivity contribution in [3.63, 3.8) is 0 Å². The van der Waals surface area contributed by atoms with Crippen molar-refractivity contribution >= 4 is 224 Å². The van der Waals surface area contributed by atoms with Crippen LogP contribution in [0.25, 0.3) is 83.8 Å². The van der Waals surface area contributed by atoms with Crippen LogP contribution in [0.4, 0.5) is 51.2 Å². The highest BCUT2D eigenvalue weighted by molar-refractivity contribution is 7.26. The molecule has 11 heteroatoms. The quantitative estimate of drug-likeness (QED) is 0.134. The molecule has 0 atom stereocenters. The van der Waals surface area contributed by atoms with E-state index in [0.717, 1.165) is 67.4 Å². The summed E-state index contributed by atoms with van der Waals surface area (Å²) in [5, 5.41) is 12.0. The standard InChI is InChI=1S/C68H48B5N3OS2/c69-62-63(70)65(72)67(66(73)64(62)71)76(42-16-2-1-3-17-42)45-29-33-59-54(36-45)51-31-27-47(38-61(51)79-59)74(55-21-10-15-40-13-6-7-18-48(40)55)46-26-30-50-53-35-44(28-32-58(53)78-60(50)37-46)75(43-25-24-39-12-4-5-14-41(39)34-43)56-22-11-20-52-49-19-8-9-23-57(49)77-68(52)56/h1-38H,69-73H2. The summed E-state index contributed by atoms with van der Waals surface area (Å²) >= 11 is 3.72. The van der Waals surface area contributed by atoms with Gasteiger partial charge in [-0.05, 0) is 119 Å². The van der Waals surface area contributed by atoms with Crippen molar-refractivity contribution in [2.45, 2.75) is 0 Å². The fourth-order valence-corrected chi connectivity index (χ4v) is 14.6. The van der Waals surface area contributed by atoms with Gasteiger partial charge in [-0.2, -0.15) is 0 Å². The SMILES string of the molecule is Bc1c(B)c(B)c(N(c2ccccc2)c2ccc3sc4cc(N(c5ccc6c(c5)sc5ccc(N(c7ccc8ccccc8c7)c7cccc8c7oc7ccccc78)cc56)c5cccc6ccccc56)ccc4c3c2)c(B)c1B. The van der Waals surface area contributed by atoms with Crippen molar-refractivity contribution in [2.75, 3.05) is 14.7 Å². The van der Waals surface area contributed by atoms with Crippen LogP contribution in [-0.4, -0.2) is 39.2 Å². The van der Waals surface area contributed by atoms with Gasteiger partial charge < -0.3 is 19.1 Å². The number of nitrogens with zero attached hydrogens (tertiary/aromatic N) is 3. The summed E-state index contributed by atoms with van der Waals surface area (Å²) < 4.78 is 11.7. The summed E-state index contributed by atoms with van der Waals surface area (Å²) in [4.78, 5) is 7.31. The monoisotopic (exact) mass is 1040 g/mol. The number of anilines is 9. The molecule has 0 saturated carbocycles. The molecule has 0 fully saturated rings. The number of benzene rings is 12. The molecule has 0 amide bonds. The molecule has 0 N–H and O–H groups in total. The number of fused-ring (bicyclic) bond motifs is 11. The van der Waals surface area contributed by atoms with Gasteiger partial charge in [0.1, 0.15) is 44.8 Å². The lowest BCUT2D eigenvalue weighted by Crippen LogP contribution is -2.56. The largest absolute Gasteiger partial charge is 0.454 e. The van der Waals surface area contributed by atoms with Gasteiger partial charge in [-0.15, -0.1) is 28.1 Å². The van der Waals surface area contributed by atoms with Crippen LogP contribution < -0.4 is 42.0 Å². The lowest BCUT2D eigenvalue weighted by molar-refractivity contribution is 0.669. The lowest BCUT2D eigenvalue weighted by atomic mass is 9.61. The molecule has 4 nitrogen and oxygen atoms in total. The Balaban J connectivity index is 0.867. The third kappa shape index (κ3) is 7.70. The van der Waals surface area contributed by atoms with E-state index >= 15 is 0 Å². The van der Waals surface area contributed by atoms with E-state index in [2.05, 4.69) is 278 Å². The summed E-state index contributed by atoms with van der Waals surface area (Å²) in [5.74, 6) is 0. The number of hydrogen-bond donors (Lipinski definition) is 0. The molecule has 0 radical (unpaired) electrons. The van der Waals surface area contributed by atoms with E-state index in [9.17, 15) is 0 Å². The molecule has 0 spiro atoms. The average molecular weight is 1040 g/mol. The van der Waals surface area contributed by atoms with Gasteiger partial charge in [0.2, 0.25) is 0 Å². The van der Waals surface area contributed by atoms with Crippen molar-refractivity contribution in [2.24, 2.45) is 0 Å². The highest BCUT2D eigenvalue weighted by Gasteiger charge is 2.25. The molecule has 0 saturated heterocycles. The Labute approximate surface area is 470 Å². The van der Waals surface area contributed by atoms with E-state index in [-0.39, 0.29) is 0 Å². The second-order valence-electron chi connectivity index (χ2n) is 21.0. The van der Waals surface area contributed by atoms with Crippen LogP contribution in [0.2, 0.25) is 0 Å². The van der Waals surface area contributed by atoms with Gasteiger partial charge in [0.05, 0.1) is 11.4 Å². The maximum Gasteiger partial charge on any atom is 0.159 e. The predicted molar refractivity (Wildman–Crippen MR) is 359 cm³/mol. The van der Waals surface area contributed by atoms with E-state index in [1.807, 2.05) is 28.7 Å². The zero-order chi connectivity index (χ0) is 53.0. The Hall–Kier alpha value is -8.88. The average Bonchev–Trinajstić information content (AvgIpc) is 4.25.